The Balaban J connectivity index is 0.00000353. The number of thiophene rings is 3. The fourth-order valence-electron chi connectivity index (χ4n) is 6.19. The molecule has 5 rings (SSSR count). The Morgan fingerprint density at radius 1 is 1.03 bits per heavy atom. The molecule has 2 fully saturated rings. The third kappa shape index (κ3) is 6.29. The van der Waals surface area contributed by atoms with Gasteiger partial charge in [0.05, 0.1) is 40.4 Å². The molecule has 39 heavy (non-hydrogen) atoms. The van der Waals surface area contributed by atoms with Gasteiger partial charge in [-0.1, -0.05) is 12.1 Å². The molecule has 1 N–H and O–H groups in total. The number of carbonyl (C=O) groups excluding carboxylic acids is 2. The van der Waals surface area contributed by atoms with Gasteiger partial charge in [-0.25, -0.2) is 4.79 Å². The number of halogens is 1. The fraction of sp³-hybridized carbons (Fsp3) is 0.517. The summed E-state index contributed by atoms with van der Waals surface area (Å²) in [4.78, 5) is 29.0. The highest BCUT2D eigenvalue weighted by Gasteiger charge is 2.54. The number of piperidine rings is 1. The van der Waals surface area contributed by atoms with Crippen LogP contribution < -0.4 is 12.4 Å². The van der Waals surface area contributed by atoms with Crippen LogP contribution in [-0.2, 0) is 37.6 Å². The third-order valence-electron chi connectivity index (χ3n) is 8.22. The second kappa shape index (κ2) is 12.8. The summed E-state index contributed by atoms with van der Waals surface area (Å²) >= 11 is 4.60. The van der Waals surface area contributed by atoms with Crippen molar-refractivity contribution in [3.8, 4) is 0 Å². The minimum Gasteiger partial charge on any atom is -1.00 e. The van der Waals surface area contributed by atoms with Crippen molar-refractivity contribution in [3.05, 3.63) is 66.7 Å². The van der Waals surface area contributed by atoms with Gasteiger partial charge in [0.1, 0.15) is 12.6 Å². The lowest BCUT2D eigenvalue weighted by atomic mass is 9.95. The molecule has 0 saturated carbocycles. The first-order valence-electron chi connectivity index (χ1n) is 13.4. The van der Waals surface area contributed by atoms with Gasteiger partial charge in [0.25, 0.3) is 0 Å². The number of rotatable bonds is 11. The van der Waals surface area contributed by atoms with E-state index in [1.54, 1.807) is 12.1 Å². The van der Waals surface area contributed by atoms with E-state index in [2.05, 4.69) is 19.2 Å². The van der Waals surface area contributed by atoms with Crippen LogP contribution in [0.1, 0.15) is 65.0 Å². The Labute approximate surface area is 248 Å². The van der Waals surface area contributed by atoms with Crippen LogP contribution in [-0.4, -0.2) is 53.4 Å². The standard InChI is InChI=1S/C29H36NO5S3.ClH/c1-3-34-27(31)10-4-7-23-13-14-24(38-23)19-30(2)20-11-12-21(30)18-22(17-20)35-28(32)29(33,25-8-5-15-36-25)26-9-6-16-37-26;/h5-6,8-9,13-16,20-22,33H,3-4,7,10-12,17-19H2,1-2H3;1H/q+1;/p-1/t20-,21+,22?,30?;. The zero-order valence-electron chi connectivity index (χ0n) is 22.3. The van der Waals surface area contributed by atoms with Crippen LogP contribution in [0.5, 0.6) is 0 Å². The molecule has 3 aromatic heterocycles. The Hall–Kier alpha value is -1.75. The molecule has 0 aliphatic carbocycles. The Morgan fingerprint density at radius 3 is 2.21 bits per heavy atom. The van der Waals surface area contributed by atoms with Crippen LogP contribution in [0.3, 0.4) is 0 Å². The normalized spacial score (nSPS) is 24.2. The molecule has 0 spiro atoms. The maximum Gasteiger partial charge on any atom is 0.349 e. The summed E-state index contributed by atoms with van der Waals surface area (Å²) in [5, 5.41) is 15.4. The average Bonchev–Trinajstić information content (AvgIpc) is 3.69. The van der Waals surface area contributed by atoms with E-state index in [0.717, 1.165) is 49.6 Å². The number of hydrogen-bond donors (Lipinski definition) is 1. The van der Waals surface area contributed by atoms with Crippen LogP contribution in [0, 0.1) is 0 Å². The van der Waals surface area contributed by atoms with Crippen molar-refractivity contribution in [2.45, 2.75) is 82.2 Å². The van der Waals surface area contributed by atoms with Crippen LogP contribution in [0.4, 0.5) is 0 Å². The Bertz CT molecular complexity index is 1180. The number of aliphatic hydroxyl groups is 1. The highest BCUT2D eigenvalue weighted by molar-refractivity contribution is 7.12. The highest BCUT2D eigenvalue weighted by atomic mass is 35.5. The molecule has 5 heterocycles. The molecule has 2 aliphatic rings. The summed E-state index contributed by atoms with van der Waals surface area (Å²) in [5.74, 6) is -0.680. The van der Waals surface area contributed by atoms with Crippen LogP contribution in [0.15, 0.2) is 47.2 Å². The fourth-order valence-corrected chi connectivity index (χ4v) is 9.11. The van der Waals surface area contributed by atoms with E-state index in [1.165, 1.54) is 32.4 Å². The van der Waals surface area contributed by atoms with Crippen molar-refractivity contribution in [2.24, 2.45) is 0 Å². The topological polar surface area (TPSA) is 72.8 Å². The smallest absolute Gasteiger partial charge is 0.349 e. The number of fused-ring (bicyclic) bond motifs is 2. The van der Waals surface area contributed by atoms with Gasteiger partial charge in [0.15, 0.2) is 0 Å². The van der Waals surface area contributed by atoms with Gasteiger partial charge in [-0.2, -0.15) is 0 Å². The maximum atomic E-state index is 13.5. The number of hydrogen-bond acceptors (Lipinski definition) is 8. The lowest BCUT2D eigenvalue weighted by molar-refractivity contribution is -0.961. The monoisotopic (exact) mass is 609 g/mol. The van der Waals surface area contributed by atoms with E-state index in [1.807, 2.05) is 41.2 Å². The van der Waals surface area contributed by atoms with Crippen molar-refractivity contribution in [2.75, 3.05) is 13.7 Å². The molecular weight excluding hydrogens is 574 g/mol. The molecule has 3 aromatic rings. The van der Waals surface area contributed by atoms with E-state index in [-0.39, 0.29) is 24.5 Å². The number of nitrogens with zero attached hydrogens (tertiary/aromatic N) is 1. The van der Waals surface area contributed by atoms with E-state index < -0.39 is 11.6 Å². The minimum atomic E-state index is -1.75. The summed E-state index contributed by atoms with van der Waals surface area (Å²) in [7, 11) is 2.36. The first kappa shape index (κ1) is 30.2. The minimum absolute atomic E-state index is 0. The number of quaternary nitrogens is 1. The predicted molar refractivity (Wildman–Crippen MR) is 151 cm³/mol. The van der Waals surface area contributed by atoms with Gasteiger partial charge in [-0.3, -0.25) is 4.79 Å². The van der Waals surface area contributed by atoms with E-state index in [4.69, 9.17) is 9.47 Å². The number of aryl methyl sites for hydroxylation is 1. The predicted octanol–water partition coefficient (Wildman–Crippen LogP) is 2.88. The van der Waals surface area contributed by atoms with Crippen molar-refractivity contribution < 1.29 is 41.1 Å². The molecule has 212 valence electrons. The zero-order valence-corrected chi connectivity index (χ0v) is 25.6. The quantitative estimate of drug-likeness (QED) is 0.267. The van der Waals surface area contributed by atoms with Gasteiger partial charge in [0.2, 0.25) is 5.60 Å². The Kier molecular flexibility index (Phi) is 9.94. The molecule has 2 aliphatic heterocycles. The number of esters is 2. The van der Waals surface area contributed by atoms with Gasteiger partial charge in [0, 0.05) is 37.0 Å². The third-order valence-corrected chi connectivity index (χ3v) is 11.3. The van der Waals surface area contributed by atoms with Crippen LogP contribution >= 0.6 is 34.0 Å². The van der Waals surface area contributed by atoms with Crippen molar-refractivity contribution in [3.63, 3.8) is 0 Å². The zero-order chi connectivity index (χ0) is 26.8. The lowest BCUT2D eigenvalue weighted by Gasteiger charge is -2.46. The maximum absolute atomic E-state index is 13.5. The van der Waals surface area contributed by atoms with Gasteiger partial charge < -0.3 is 31.5 Å². The van der Waals surface area contributed by atoms with E-state index in [9.17, 15) is 14.7 Å². The number of carbonyl (C=O) groups is 2. The van der Waals surface area contributed by atoms with Gasteiger partial charge in [-0.15, -0.1) is 34.0 Å². The Morgan fingerprint density at radius 2 is 1.64 bits per heavy atom. The number of ether oxygens (including phenoxy) is 2. The summed E-state index contributed by atoms with van der Waals surface area (Å²) in [6.07, 6.45) is 5.90. The first-order valence-corrected chi connectivity index (χ1v) is 16.0. The summed E-state index contributed by atoms with van der Waals surface area (Å²) in [6, 6.07) is 12.6. The van der Waals surface area contributed by atoms with Gasteiger partial charge >= 0.3 is 11.9 Å². The molecule has 2 unspecified atom stereocenters. The molecule has 0 radical (unpaired) electrons. The largest absolute Gasteiger partial charge is 1.00 e. The second-order valence-corrected chi connectivity index (χ2v) is 13.7. The SMILES string of the molecule is CCOC(=O)CCCc1ccc(C[N+]2(C)[C@@H]3CC[C@H]2CC(OC(=O)C(O)(c2cccs2)c2cccs2)C3)s1.[Cl-]. The average molecular weight is 610 g/mol. The van der Waals surface area contributed by atoms with Crippen LogP contribution in [0.25, 0.3) is 0 Å². The summed E-state index contributed by atoms with van der Waals surface area (Å²) < 4.78 is 12.1. The second-order valence-electron chi connectivity index (χ2n) is 10.6. The molecule has 2 saturated heterocycles. The van der Waals surface area contributed by atoms with Crippen molar-refractivity contribution in [1.82, 2.24) is 0 Å². The highest BCUT2D eigenvalue weighted by Crippen LogP contribution is 2.45. The molecule has 6 nitrogen and oxygen atoms in total. The first-order chi connectivity index (χ1) is 18.3. The van der Waals surface area contributed by atoms with Gasteiger partial charge in [-0.05, 0) is 54.8 Å². The summed E-state index contributed by atoms with van der Waals surface area (Å²) in [5.41, 5.74) is -1.75. The lowest BCUT2D eigenvalue weighted by Crippen LogP contribution is -3.00. The molecule has 0 amide bonds. The molecule has 2 bridgehead atoms. The van der Waals surface area contributed by atoms with E-state index >= 15 is 0 Å². The van der Waals surface area contributed by atoms with Crippen molar-refractivity contribution in [1.29, 1.82) is 0 Å². The molecule has 4 atom stereocenters. The van der Waals surface area contributed by atoms with Crippen molar-refractivity contribution >= 4 is 45.9 Å². The summed E-state index contributed by atoms with van der Waals surface area (Å²) in [6.45, 7) is 3.25. The molecule has 10 heteroatoms. The molecular formula is C29H36ClNO5S3. The van der Waals surface area contributed by atoms with E-state index in [0.29, 0.717) is 34.9 Å². The van der Waals surface area contributed by atoms with Crippen LogP contribution in [0.2, 0.25) is 0 Å². The molecule has 0 aromatic carbocycles.